The van der Waals surface area contributed by atoms with Gasteiger partial charge in [-0.15, -0.1) is 0 Å². The summed E-state index contributed by atoms with van der Waals surface area (Å²) in [6, 6.07) is 25.7. The number of pyridine rings is 1. The molecular formula is C27H22ClN3O2. The molecule has 3 aromatic carbocycles. The predicted molar refractivity (Wildman–Crippen MR) is 131 cm³/mol. The summed E-state index contributed by atoms with van der Waals surface area (Å²) in [5.74, 6) is -0.0145. The first-order chi connectivity index (χ1) is 16.0. The molecule has 4 rings (SSSR count). The molecule has 0 aliphatic carbocycles. The molecule has 0 atom stereocenters. The Bertz CT molecular complexity index is 1290. The summed E-state index contributed by atoms with van der Waals surface area (Å²) in [5.41, 5.74) is 10.6. The van der Waals surface area contributed by atoms with Crippen LogP contribution < -0.4 is 11.1 Å². The van der Waals surface area contributed by atoms with Crippen molar-refractivity contribution < 1.29 is 9.59 Å². The van der Waals surface area contributed by atoms with Gasteiger partial charge in [-0.1, -0.05) is 78.3 Å². The van der Waals surface area contributed by atoms with E-state index in [0.717, 1.165) is 16.7 Å². The van der Waals surface area contributed by atoms with Crippen LogP contribution >= 0.6 is 11.6 Å². The molecule has 164 valence electrons. The highest BCUT2D eigenvalue weighted by Crippen LogP contribution is 2.24. The zero-order chi connectivity index (χ0) is 23.2. The number of rotatable bonds is 7. The Morgan fingerprint density at radius 3 is 2.24 bits per heavy atom. The SMILES string of the molecule is NCc1ccccc1-c1ccc(C(=O)Cc2ccccc2C(=O)Nc2ccc(Cl)cn2)cc1. The van der Waals surface area contributed by atoms with Gasteiger partial charge >= 0.3 is 0 Å². The van der Waals surface area contributed by atoms with Crippen molar-refractivity contribution in [3.8, 4) is 11.1 Å². The highest BCUT2D eigenvalue weighted by atomic mass is 35.5. The Hall–Kier alpha value is -3.80. The summed E-state index contributed by atoms with van der Waals surface area (Å²) < 4.78 is 0. The number of nitrogens with one attached hydrogen (secondary N) is 1. The average Bonchev–Trinajstić information content (AvgIpc) is 2.85. The minimum Gasteiger partial charge on any atom is -0.326 e. The number of hydrogen-bond donors (Lipinski definition) is 2. The molecule has 1 aromatic heterocycles. The molecule has 0 fully saturated rings. The van der Waals surface area contributed by atoms with Gasteiger partial charge in [0.05, 0.1) is 5.02 Å². The summed E-state index contributed by atoms with van der Waals surface area (Å²) in [6.07, 6.45) is 1.57. The van der Waals surface area contributed by atoms with Gasteiger partial charge in [0.1, 0.15) is 5.82 Å². The Morgan fingerprint density at radius 1 is 0.848 bits per heavy atom. The minimum atomic E-state index is -0.332. The summed E-state index contributed by atoms with van der Waals surface area (Å²) >= 11 is 5.85. The normalized spacial score (nSPS) is 10.6. The number of halogens is 1. The smallest absolute Gasteiger partial charge is 0.257 e. The third kappa shape index (κ3) is 5.34. The first-order valence-electron chi connectivity index (χ1n) is 10.5. The molecule has 0 saturated heterocycles. The lowest BCUT2D eigenvalue weighted by Crippen LogP contribution is -2.16. The van der Waals surface area contributed by atoms with Crippen LogP contribution in [0.25, 0.3) is 11.1 Å². The van der Waals surface area contributed by atoms with Crippen molar-refractivity contribution in [2.45, 2.75) is 13.0 Å². The van der Waals surface area contributed by atoms with Gasteiger partial charge in [-0.05, 0) is 40.5 Å². The number of aromatic nitrogens is 1. The fraction of sp³-hybridized carbons (Fsp3) is 0.0741. The van der Waals surface area contributed by atoms with Crippen LogP contribution in [0.15, 0.2) is 91.1 Å². The van der Waals surface area contributed by atoms with E-state index < -0.39 is 0 Å². The standard InChI is InChI=1S/C27H22ClN3O2/c28-22-13-14-26(30-17-22)31-27(33)24-8-4-1-5-20(24)15-25(32)19-11-9-18(10-12-19)23-7-3-2-6-21(23)16-29/h1-14,17H,15-16,29H2,(H,30,31,33). The number of amides is 1. The molecule has 1 heterocycles. The maximum Gasteiger partial charge on any atom is 0.257 e. The molecule has 5 nitrogen and oxygen atoms in total. The largest absolute Gasteiger partial charge is 0.326 e. The van der Waals surface area contributed by atoms with Crippen LogP contribution in [0.2, 0.25) is 5.02 Å². The number of hydrogen-bond acceptors (Lipinski definition) is 4. The molecule has 3 N–H and O–H groups in total. The van der Waals surface area contributed by atoms with Gasteiger partial charge in [0.15, 0.2) is 5.78 Å². The van der Waals surface area contributed by atoms with Gasteiger partial charge in [-0.3, -0.25) is 9.59 Å². The Morgan fingerprint density at radius 2 is 1.55 bits per heavy atom. The molecule has 0 unspecified atom stereocenters. The molecule has 0 spiro atoms. The Balaban J connectivity index is 1.51. The number of ketones is 1. The molecule has 1 amide bonds. The molecule has 4 aromatic rings. The zero-order valence-corrected chi connectivity index (χ0v) is 18.5. The first-order valence-corrected chi connectivity index (χ1v) is 10.9. The molecule has 0 bridgehead atoms. The van der Waals surface area contributed by atoms with E-state index in [9.17, 15) is 9.59 Å². The van der Waals surface area contributed by atoms with Crippen LogP contribution in [0.5, 0.6) is 0 Å². The molecule has 0 saturated carbocycles. The van der Waals surface area contributed by atoms with Crippen molar-refractivity contribution in [1.29, 1.82) is 0 Å². The van der Waals surface area contributed by atoms with Crippen molar-refractivity contribution in [3.05, 3.63) is 118 Å². The maximum atomic E-state index is 13.0. The maximum absolute atomic E-state index is 13.0. The second kappa shape index (κ2) is 10.2. The Kier molecular flexibility index (Phi) is 6.93. The topological polar surface area (TPSA) is 85.1 Å². The fourth-order valence-corrected chi connectivity index (χ4v) is 3.73. The van der Waals surface area contributed by atoms with Gasteiger partial charge in [-0.2, -0.15) is 0 Å². The second-order valence-corrected chi connectivity index (χ2v) is 7.95. The summed E-state index contributed by atoms with van der Waals surface area (Å²) in [7, 11) is 0. The van der Waals surface area contributed by atoms with E-state index >= 15 is 0 Å². The van der Waals surface area contributed by atoms with E-state index in [2.05, 4.69) is 10.3 Å². The number of Topliss-reactive ketones (excluding diaryl/α,β-unsaturated/α-hetero) is 1. The van der Waals surface area contributed by atoms with Crippen LogP contribution in [-0.4, -0.2) is 16.7 Å². The third-order valence-electron chi connectivity index (χ3n) is 5.34. The molecular weight excluding hydrogens is 434 g/mol. The molecule has 0 aliphatic rings. The number of nitrogens with two attached hydrogens (primary N) is 1. The predicted octanol–water partition coefficient (Wildman–Crippen LogP) is 5.54. The number of benzene rings is 3. The lowest BCUT2D eigenvalue weighted by Gasteiger charge is -2.11. The van der Waals surface area contributed by atoms with Crippen molar-refractivity contribution >= 4 is 29.1 Å². The molecule has 0 radical (unpaired) electrons. The molecule has 0 aliphatic heterocycles. The monoisotopic (exact) mass is 455 g/mol. The highest BCUT2D eigenvalue weighted by molar-refractivity contribution is 6.30. The summed E-state index contributed by atoms with van der Waals surface area (Å²) in [6.45, 7) is 0.446. The summed E-state index contributed by atoms with van der Waals surface area (Å²) in [4.78, 5) is 29.9. The van der Waals surface area contributed by atoms with E-state index in [1.54, 1.807) is 30.3 Å². The van der Waals surface area contributed by atoms with Crippen LogP contribution in [0, 0.1) is 0 Å². The fourth-order valence-electron chi connectivity index (χ4n) is 3.62. The lowest BCUT2D eigenvalue weighted by molar-refractivity contribution is 0.0992. The van der Waals surface area contributed by atoms with Crippen molar-refractivity contribution in [3.63, 3.8) is 0 Å². The van der Waals surface area contributed by atoms with E-state index in [4.69, 9.17) is 17.3 Å². The van der Waals surface area contributed by atoms with Crippen LogP contribution in [0.1, 0.15) is 31.8 Å². The van der Waals surface area contributed by atoms with E-state index in [1.165, 1.54) is 6.20 Å². The van der Waals surface area contributed by atoms with Crippen molar-refractivity contribution in [1.82, 2.24) is 4.98 Å². The Labute approximate surface area is 197 Å². The van der Waals surface area contributed by atoms with Crippen LogP contribution in [0.3, 0.4) is 0 Å². The van der Waals surface area contributed by atoms with Crippen molar-refractivity contribution in [2.75, 3.05) is 5.32 Å². The van der Waals surface area contributed by atoms with Gasteiger partial charge in [0.2, 0.25) is 0 Å². The number of nitrogens with zero attached hydrogens (tertiary/aromatic N) is 1. The van der Waals surface area contributed by atoms with Crippen LogP contribution in [0.4, 0.5) is 5.82 Å². The number of carbonyl (C=O) groups excluding carboxylic acids is 2. The van der Waals surface area contributed by atoms with Gasteiger partial charge < -0.3 is 11.1 Å². The third-order valence-corrected chi connectivity index (χ3v) is 5.56. The highest BCUT2D eigenvalue weighted by Gasteiger charge is 2.16. The number of anilines is 1. The van der Waals surface area contributed by atoms with Crippen LogP contribution in [-0.2, 0) is 13.0 Å². The molecule has 33 heavy (non-hydrogen) atoms. The van der Waals surface area contributed by atoms with Gasteiger partial charge in [0.25, 0.3) is 5.91 Å². The van der Waals surface area contributed by atoms with Gasteiger partial charge in [-0.25, -0.2) is 4.98 Å². The summed E-state index contributed by atoms with van der Waals surface area (Å²) in [5, 5.41) is 3.23. The lowest BCUT2D eigenvalue weighted by atomic mass is 9.95. The van der Waals surface area contributed by atoms with Gasteiger partial charge in [0, 0.05) is 30.3 Å². The quantitative estimate of drug-likeness (QED) is 0.358. The van der Waals surface area contributed by atoms with E-state index in [0.29, 0.717) is 34.1 Å². The van der Waals surface area contributed by atoms with E-state index in [-0.39, 0.29) is 18.1 Å². The van der Waals surface area contributed by atoms with E-state index in [1.807, 2.05) is 54.6 Å². The van der Waals surface area contributed by atoms with Crippen molar-refractivity contribution in [2.24, 2.45) is 5.73 Å². The number of carbonyl (C=O) groups is 2. The minimum absolute atomic E-state index is 0.0708. The first kappa shape index (κ1) is 22.4. The second-order valence-electron chi connectivity index (χ2n) is 7.51. The average molecular weight is 456 g/mol. The molecule has 6 heteroatoms. The zero-order valence-electron chi connectivity index (χ0n) is 17.8.